The smallest absolute Gasteiger partial charge is 0.339 e. The fourth-order valence-electron chi connectivity index (χ4n) is 3.64. The summed E-state index contributed by atoms with van der Waals surface area (Å²) in [6, 6.07) is 15.2. The molecule has 0 spiro atoms. The lowest BCUT2D eigenvalue weighted by Crippen LogP contribution is -2.28. The number of hydrogen-bond donors (Lipinski definition) is 2. The summed E-state index contributed by atoms with van der Waals surface area (Å²) in [6.07, 6.45) is 2.31. The second kappa shape index (κ2) is 7.78. The van der Waals surface area contributed by atoms with Crippen LogP contribution in [0.1, 0.15) is 27.9 Å². The number of anilines is 1. The van der Waals surface area contributed by atoms with Crippen molar-refractivity contribution in [3.05, 3.63) is 75.6 Å². The highest BCUT2D eigenvalue weighted by molar-refractivity contribution is 7.15. The summed E-state index contributed by atoms with van der Waals surface area (Å²) in [5.41, 5.74) is 3.94. The van der Waals surface area contributed by atoms with Gasteiger partial charge in [0.15, 0.2) is 0 Å². The highest BCUT2D eigenvalue weighted by Gasteiger charge is 2.27. The van der Waals surface area contributed by atoms with Gasteiger partial charge < -0.3 is 10.4 Å². The second-order valence-electron chi connectivity index (χ2n) is 6.86. The third-order valence-corrected chi connectivity index (χ3v) is 6.26. The number of carbonyl (C=O) groups excluding carboxylic acids is 1. The minimum Gasteiger partial charge on any atom is -0.478 e. The summed E-state index contributed by atoms with van der Waals surface area (Å²) >= 11 is 7.16. The third kappa shape index (κ3) is 3.68. The molecule has 2 N–H and O–H groups in total. The zero-order valence-corrected chi connectivity index (χ0v) is 16.5. The average Bonchev–Trinajstić information content (AvgIpc) is 3.12. The molecule has 6 heteroatoms. The van der Waals surface area contributed by atoms with Crippen LogP contribution in [0, 0.1) is 5.92 Å². The first-order valence-electron chi connectivity index (χ1n) is 9.01. The highest BCUT2D eigenvalue weighted by atomic mass is 35.5. The molecule has 0 radical (unpaired) electrons. The van der Waals surface area contributed by atoms with Gasteiger partial charge in [-0.15, -0.1) is 11.3 Å². The number of benzene rings is 2. The fraction of sp³-hybridized carbons (Fsp3) is 0.182. The van der Waals surface area contributed by atoms with Gasteiger partial charge in [-0.25, -0.2) is 4.79 Å². The Balaban J connectivity index is 1.57. The molecule has 142 valence electrons. The van der Waals surface area contributed by atoms with Gasteiger partial charge in [0, 0.05) is 21.9 Å². The van der Waals surface area contributed by atoms with E-state index in [0.717, 1.165) is 18.4 Å². The van der Waals surface area contributed by atoms with Crippen LogP contribution in [0.2, 0.25) is 5.02 Å². The van der Waals surface area contributed by atoms with Crippen LogP contribution in [0.5, 0.6) is 0 Å². The Morgan fingerprint density at radius 2 is 1.79 bits per heavy atom. The first kappa shape index (κ1) is 18.7. The van der Waals surface area contributed by atoms with Gasteiger partial charge in [0.25, 0.3) is 0 Å². The minimum absolute atomic E-state index is 0.122. The van der Waals surface area contributed by atoms with Gasteiger partial charge in [-0.1, -0.05) is 48.0 Å². The monoisotopic (exact) mass is 411 g/mol. The zero-order valence-electron chi connectivity index (χ0n) is 14.9. The standard InChI is InChI=1S/C22H18ClNO3S/c23-17-9-7-14(8-10-17)18-12-28-21(19(18)22(26)27)24-20(25)16-6-5-13-3-1-2-4-15(13)11-16/h1-4,7-10,12,16H,5-6,11H2,(H,24,25)(H,26,27). The number of carboxylic acids is 1. The molecular formula is C22H18ClNO3S. The first-order valence-corrected chi connectivity index (χ1v) is 10.3. The number of nitrogens with one attached hydrogen (secondary N) is 1. The maximum atomic E-state index is 12.8. The topological polar surface area (TPSA) is 66.4 Å². The van der Waals surface area contributed by atoms with Crippen molar-refractivity contribution < 1.29 is 14.7 Å². The quantitative estimate of drug-likeness (QED) is 0.594. The Bertz CT molecular complexity index is 1040. The van der Waals surface area contributed by atoms with Crippen LogP contribution in [0.3, 0.4) is 0 Å². The normalized spacial score (nSPS) is 15.7. The van der Waals surface area contributed by atoms with E-state index < -0.39 is 5.97 Å². The molecule has 2 aromatic carbocycles. The summed E-state index contributed by atoms with van der Waals surface area (Å²) in [6.45, 7) is 0. The molecule has 1 atom stereocenters. The van der Waals surface area contributed by atoms with Crippen molar-refractivity contribution in [1.82, 2.24) is 0 Å². The van der Waals surface area contributed by atoms with E-state index >= 15 is 0 Å². The van der Waals surface area contributed by atoms with E-state index in [-0.39, 0.29) is 17.4 Å². The molecular weight excluding hydrogens is 394 g/mol. The summed E-state index contributed by atoms with van der Waals surface area (Å²) < 4.78 is 0. The molecule has 4 nitrogen and oxygen atoms in total. The Hall–Kier alpha value is -2.63. The molecule has 0 saturated heterocycles. The van der Waals surface area contributed by atoms with Crippen molar-refractivity contribution in [3.8, 4) is 11.1 Å². The maximum absolute atomic E-state index is 12.8. The van der Waals surface area contributed by atoms with Crippen molar-refractivity contribution in [3.63, 3.8) is 0 Å². The van der Waals surface area contributed by atoms with E-state index in [9.17, 15) is 14.7 Å². The van der Waals surface area contributed by atoms with Crippen LogP contribution >= 0.6 is 22.9 Å². The molecule has 0 saturated carbocycles. The van der Waals surface area contributed by atoms with Crippen LogP contribution in [0.15, 0.2) is 53.9 Å². The SMILES string of the molecule is O=C(O)c1c(-c2ccc(Cl)cc2)csc1NC(=O)C1CCc2ccccc2C1. The number of carbonyl (C=O) groups is 2. The van der Waals surface area contributed by atoms with Crippen molar-refractivity contribution in [1.29, 1.82) is 0 Å². The molecule has 0 fully saturated rings. The number of hydrogen-bond acceptors (Lipinski definition) is 3. The Labute approximate surface area is 171 Å². The van der Waals surface area contributed by atoms with E-state index in [1.54, 1.807) is 29.6 Å². The van der Waals surface area contributed by atoms with Gasteiger partial charge in [0.05, 0.1) is 0 Å². The molecule has 0 aliphatic heterocycles. The van der Waals surface area contributed by atoms with Crippen LogP contribution in [0.25, 0.3) is 11.1 Å². The molecule has 1 unspecified atom stereocenters. The Kier molecular flexibility index (Phi) is 5.20. The number of amides is 1. The fourth-order valence-corrected chi connectivity index (χ4v) is 4.73. The minimum atomic E-state index is -1.06. The number of aromatic carboxylic acids is 1. The predicted octanol–water partition coefficient (Wildman–Crippen LogP) is 5.51. The number of fused-ring (bicyclic) bond motifs is 1. The van der Waals surface area contributed by atoms with Gasteiger partial charge in [0.1, 0.15) is 10.6 Å². The van der Waals surface area contributed by atoms with Gasteiger partial charge >= 0.3 is 5.97 Å². The van der Waals surface area contributed by atoms with Crippen molar-refractivity contribution >= 4 is 39.8 Å². The van der Waals surface area contributed by atoms with E-state index in [1.165, 1.54) is 22.5 Å². The molecule has 1 aliphatic carbocycles. The molecule has 1 aromatic heterocycles. The van der Waals surface area contributed by atoms with Crippen LogP contribution < -0.4 is 5.32 Å². The predicted molar refractivity (Wildman–Crippen MR) is 112 cm³/mol. The van der Waals surface area contributed by atoms with Crippen LogP contribution in [-0.4, -0.2) is 17.0 Å². The number of carboxylic acid groups (broad SMARTS) is 1. The molecule has 4 rings (SSSR count). The maximum Gasteiger partial charge on any atom is 0.339 e. The van der Waals surface area contributed by atoms with E-state index in [0.29, 0.717) is 22.0 Å². The van der Waals surface area contributed by atoms with Crippen molar-refractivity contribution in [2.45, 2.75) is 19.3 Å². The Morgan fingerprint density at radius 1 is 1.07 bits per heavy atom. The van der Waals surface area contributed by atoms with Crippen LogP contribution in [-0.2, 0) is 17.6 Å². The lowest BCUT2D eigenvalue weighted by molar-refractivity contribution is -0.120. The van der Waals surface area contributed by atoms with Gasteiger partial charge in [-0.05, 0) is 48.1 Å². The second-order valence-corrected chi connectivity index (χ2v) is 8.18. The summed E-state index contributed by atoms with van der Waals surface area (Å²) in [4.78, 5) is 24.7. The molecule has 28 heavy (non-hydrogen) atoms. The summed E-state index contributed by atoms with van der Waals surface area (Å²) in [5, 5.41) is 15.3. The third-order valence-electron chi connectivity index (χ3n) is 5.11. The van der Waals surface area contributed by atoms with Crippen LogP contribution in [0.4, 0.5) is 5.00 Å². The average molecular weight is 412 g/mol. The number of aryl methyl sites for hydroxylation is 1. The van der Waals surface area contributed by atoms with E-state index in [1.807, 2.05) is 12.1 Å². The first-order chi connectivity index (χ1) is 13.5. The summed E-state index contributed by atoms with van der Waals surface area (Å²) in [7, 11) is 0. The molecule has 1 heterocycles. The van der Waals surface area contributed by atoms with Gasteiger partial charge in [0.2, 0.25) is 5.91 Å². The number of thiophene rings is 1. The molecule has 0 bridgehead atoms. The largest absolute Gasteiger partial charge is 0.478 e. The lowest BCUT2D eigenvalue weighted by atomic mass is 9.83. The summed E-state index contributed by atoms with van der Waals surface area (Å²) in [5.74, 6) is -1.34. The number of rotatable bonds is 4. The molecule has 1 amide bonds. The van der Waals surface area contributed by atoms with E-state index in [2.05, 4.69) is 17.4 Å². The Morgan fingerprint density at radius 3 is 2.50 bits per heavy atom. The zero-order chi connectivity index (χ0) is 19.7. The van der Waals surface area contributed by atoms with Gasteiger partial charge in [-0.3, -0.25) is 4.79 Å². The van der Waals surface area contributed by atoms with E-state index in [4.69, 9.17) is 11.6 Å². The number of halogens is 1. The molecule has 3 aromatic rings. The van der Waals surface area contributed by atoms with Crippen molar-refractivity contribution in [2.75, 3.05) is 5.32 Å². The lowest BCUT2D eigenvalue weighted by Gasteiger charge is -2.23. The van der Waals surface area contributed by atoms with Gasteiger partial charge in [-0.2, -0.15) is 0 Å². The molecule has 1 aliphatic rings. The highest BCUT2D eigenvalue weighted by Crippen LogP contribution is 2.37. The van der Waals surface area contributed by atoms with Crippen molar-refractivity contribution in [2.24, 2.45) is 5.92 Å².